The molecule has 158 valence electrons. The number of nitrogens with two attached hydrogens (primary N) is 1. The van der Waals surface area contributed by atoms with Crippen molar-refractivity contribution in [3.63, 3.8) is 0 Å². The lowest BCUT2D eigenvalue weighted by atomic mass is 9.96. The molecule has 1 aromatic heterocycles. The topological polar surface area (TPSA) is 124 Å². The molecule has 2 heterocycles. The second-order valence-corrected chi connectivity index (χ2v) is 7.91. The fourth-order valence-electron chi connectivity index (χ4n) is 3.90. The summed E-state index contributed by atoms with van der Waals surface area (Å²) in [5, 5.41) is 14.1. The van der Waals surface area contributed by atoms with Gasteiger partial charge in [0.05, 0.1) is 5.92 Å². The van der Waals surface area contributed by atoms with E-state index in [1.54, 1.807) is 24.4 Å². The van der Waals surface area contributed by atoms with Gasteiger partial charge in [-0.05, 0) is 59.9 Å². The number of H-pyrrole nitrogens is 1. The number of aromatic nitrogens is 1. The number of carbonyl (C=O) groups excluding carboxylic acids is 1. The highest BCUT2D eigenvalue weighted by molar-refractivity contribution is 5.95. The van der Waals surface area contributed by atoms with Gasteiger partial charge in [-0.25, -0.2) is 0 Å². The Kier molecular flexibility index (Phi) is 5.58. The fraction of sp³-hybridized carbons (Fsp3) is 0.208. The van der Waals surface area contributed by atoms with Gasteiger partial charge in [0.2, 0.25) is 5.56 Å². The lowest BCUT2D eigenvalue weighted by Gasteiger charge is -2.16. The normalized spacial score (nSPS) is 15.6. The molecule has 2 atom stereocenters. The molecule has 2 unspecified atom stereocenters. The summed E-state index contributed by atoms with van der Waals surface area (Å²) in [6, 6.07) is 16.6. The molecule has 1 aliphatic heterocycles. The Balaban J connectivity index is 1.40. The number of benzene rings is 2. The van der Waals surface area contributed by atoms with Crippen LogP contribution in [0.1, 0.15) is 34.3 Å². The number of pyridine rings is 1. The number of fused-ring (bicyclic) bond motifs is 1. The maximum Gasteiger partial charge on any atom is 0.251 e. The zero-order valence-electron chi connectivity index (χ0n) is 17.2. The van der Waals surface area contributed by atoms with E-state index in [-0.39, 0.29) is 29.3 Å². The largest absolute Gasteiger partial charge is 0.387 e. The van der Waals surface area contributed by atoms with Crippen molar-refractivity contribution in [2.45, 2.75) is 25.3 Å². The quantitative estimate of drug-likeness (QED) is 0.314. The molecular formula is C24H25N5O2. The van der Waals surface area contributed by atoms with E-state index in [1.807, 2.05) is 31.2 Å². The molecule has 6 N–H and O–H groups in total. The summed E-state index contributed by atoms with van der Waals surface area (Å²) >= 11 is 0. The molecule has 1 aliphatic rings. The van der Waals surface area contributed by atoms with Gasteiger partial charge in [0.1, 0.15) is 5.84 Å². The first-order valence-corrected chi connectivity index (χ1v) is 10.2. The molecule has 0 spiro atoms. The Morgan fingerprint density at radius 1 is 1.16 bits per heavy atom. The molecule has 7 nitrogen and oxygen atoms in total. The first-order chi connectivity index (χ1) is 14.9. The maximum absolute atomic E-state index is 12.7. The number of anilines is 1. The standard InChI is InChI=1S/C24H25N5O2/c1-14(10-15-2-8-21-19(11-15)20(13-27-21)23(25)26)29-24(31)17-5-3-16(4-6-17)18-7-9-22(30)28-12-18/h2-9,11-12,14,20,27H,10,13H2,1H3,(H3,25,26)(H,28,30)(H,29,31). The number of rotatable bonds is 6. The van der Waals surface area contributed by atoms with Gasteiger partial charge in [-0.3, -0.25) is 15.0 Å². The van der Waals surface area contributed by atoms with Crippen LogP contribution >= 0.6 is 0 Å². The van der Waals surface area contributed by atoms with Crippen molar-refractivity contribution >= 4 is 17.4 Å². The van der Waals surface area contributed by atoms with Crippen molar-refractivity contribution in [1.29, 1.82) is 5.41 Å². The van der Waals surface area contributed by atoms with Crippen LogP contribution in [-0.2, 0) is 6.42 Å². The molecular weight excluding hydrogens is 390 g/mol. The average Bonchev–Trinajstić information content (AvgIpc) is 3.18. The Bertz CT molecular complexity index is 1160. The maximum atomic E-state index is 12.7. The van der Waals surface area contributed by atoms with Gasteiger partial charge < -0.3 is 21.4 Å². The minimum Gasteiger partial charge on any atom is -0.387 e. The van der Waals surface area contributed by atoms with Gasteiger partial charge in [-0.1, -0.05) is 24.3 Å². The van der Waals surface area contributed by atoms with Crippen LogP contribution in [0.25, 0.3) is 11.1 Å². The molecule has 0 saturated carbocycles. The summed E-state index contributed by atoms with van der Waals surface area (Å²) in [5.41, 5.74) is 11.1. The highest BCUT2D eigenvalue weighted by Gasteiger charge is 2.25. The number of hydrogen-bond donors (Lipinski definition) is 5. The van der Waals surface area contributed by atoms with E-state index in [9.17, 15) is 9.59 Å². The molecule has 0 fully saturated rings. The van der Waals surface area contributed by atoms with Crippen LogP contribution in [0.4, 0.5) is 5.69 Å². The van der Waals surface area contributed by atoms with Gasteiger partial charge in [0.25, 0.3) is 5.91 Å². The van der Waals surface area contributed by atoms with Gasteiger partial charge in [0, 0.05) is 36.1 Å². The molecule has 0 saturated heterocycles. The number of nitrogens with one attached hydrogen (secondary N) is 4. The van der Waals surface area contributed by atoms with Crippen LogP contribution in [0, 0.1) is 5.41 Å². The van der Waals surface area contributed by atoms with Crippen molar-refractivity contribution in [3.8, 4) is 11.1 Å². The Labute approximate surface area is 180 Å². The third kappa shape index (κ3) is 4.50. The molecule has 3 aromatic rings. The lowest BCUT2D eigenvalue weighted by Crippen LogP contribution is -2.34. The van der Waals surface area contributed by atoms with E-state index in [2.05, 4.69) is 21.7 Å². The van der Waals surface area contributed by atoms with Crippen LogP contribution in [0.5, 0.6) is 0 Å². The van der Waals surface area contributed by atoms with E-state index in [0.717, 1.165) is 27.9 Å². The van der Waals surface area contributed by atoms with E-state index in [0.29, 0.717) is 18.5 Å². The van der Waals surface area contributed by atoms with Crippen LogP contribution in [0.15, 0.2) is 65.6 Å². The smallest absolute Gasteiger partial charge is 0.251 e. The first kappa shape index (κ1) is 20.4. The molecule has 0 radical (unpaired) electrons. The van der Waals surface area contributed by atoms with Crippen molar-refractivity contribution in [2.75, 3.05) is 11.9 Å². The highest BCUT2D eigenvalue weighted by Crippen LogP contribution is 2.32. The third-order valence-electron chi connectivity index (χ3n) is 5.55. The number of amides is 1. The summed E-state index contributed by atoms with van der Waals surface area (Å²) < 4.78 is 0. The summed E-state index contributed by atoms with van der Waals surface area (Å²) in [6.07, 6.45) is 2.33. The van der Waals surface area contributed by atoms with E-state index in [4.69, 9.17) is 11.1 Å². The zero-order chi connectivity index (χ0) is 22.0. The molecule has 2 aromatic carbocycles. The Morgan fingerprint density at radius 2 is 1.90 bits per heavy atom. The van der Waals surface area contributed by atoms with Crippen LogP contribution in [0.3, 0.4) is 0 Å². The van der Waals surface area contributed by atoms with Crippen LogP contribution in [0.2, 0.25) is 0 Å². The Hall–Kier alpha value is -3.87. The average molecular weight is 415 g/mol. The van der Waals surface area contributed by atoms with Gasteiger partial charge in [-0.2, -0.15) is 0 Å². The van der Waals surface area contributed by atoms with Gasteiger partial charge >= 0.3 is 0 Å². The predicted octanol–water partition coefficient (Wildman–Crippen LogP) is 2.85. The second-order valence-electron chi connectivity index (χ2n) is 7.91. The highest BCUT2D eigenvalue weighted by atomic mass is 16.1. The molecule has 0 bridgehead atoms. The fourth-order valence-corrected chi connectivity index (χ4v) is 3.90. The van der Waals surface area contributed by atoms with Gasteiger partial charge in [0.15, 0.2) is 0 Å². The molecule has 1 amide bonds. The van der Waals surface area contributed by atoms with Crippen LogP contribution < -0.4 is 21.9 Å². The third-order valence-corrected chi connectivity index (χ3v) is 5.55. The minimum atomic E-state index is -0.148. The Morgan fingerprint density at radius 3 is 2.58 bits per heavy atom. The van der Waals surface area contributed by atoms with Crippen molar-refractivity contribution in [3.05, 3.63) is 87.8 Å². The monoisotopic (exact) mass is 415 g/mol. The van der Waals surface area contributed by atoms with Crippen LogP contribution in [-0.4, -0.2) is 29.3 Å². The van der Waals surface area contributed by atoms with Crippen molar-refractivity contribution in [2.24, 2.45) is 5.73 Å². The summed E-state index contributed by atoms with van der Waals surface area (Å²) in [7, 11) is 0. The number of carbonyl (C=O) groups is 1. The summed E-state index contributed by atoms with van der Waals surface area (Å²) in [4.78, 5) is 26.5. The van der Waals surface area contributed by atoms with E-state index < -0.39 is 0 Å². The van der Waals surface area contributed by atoms with E-state index >= 15 is 0 Å². The predicted molar refractivity (Wildman–Crippen MR) is 123 cm³/mol. The molecule has 31 heavy (non-hydrogen) atoms. The second kappa shape index (κ2) is 8.47. The minimum absolute atomic E-state index is 0.0606. The molecule has 4 rings (SSSR count). The SMILES string of the molecule is CC(Cc1ccc2c(c1)C(C(=N)N)CN2)NC(=O)c1ccc(-c2ccc(=O)[nH]c2)cc1. The first-order valence-electron chi connectivity index (χ1n) is 10.2. The summed E-state index contributed by atoms with van der Waals surface area (Å²) in [6.45, 7) is 2.62. The zero-order valence-corrected chi connectivity index (χ0v) is 17.2. The molecule has 7 heteroatoms. The summed E-state index contributed by atoms with van der Waals surface area (Å²) in [5.74, 6) is -0.0687. The van der Waals surface area contributed by atoms with Crippen molar-refractivity contribution in [1.82, 2.24) is 10.3 Å². The lowest BCUT2D eigenvalue weighted by molar-refractivity contribution is 0.0940. The molecule has 0 aliphatic carbocycles. The number of hydrogen-bond acceptors (Lipinski definition) is 4. The van der Waals surface area contributed by atoms with E-state index in [1.165, 1.54) is 6.07 Å². The number of aromatic amines is 1. The number of amidine groups is 1. The van der Waals surface area contributed by atoms with Gasteiger partial charge in [-0.15, -0.1) is 0 Å². The van der Waals surface area contributed by atoms with Crippen molar-refractivity contribution < 1.29 is 4.79 Å².